The van der Waals surface area contributed by atoms with Crippen LogP contribution in [0, 0.1) is 6.92 Å². The van der Waals surface area contributed by atoms with Crippen LogP contribution >= 0.6 is 0 Å². The lowest BCUT2D eigenvalue weighted by Gasteiger charge is -2.26. The van der Waals surface area contributed by atoms with Crippen molar-refractivity contribution in [3.05, 3.63) is 23.8 Å². The molecule has 0 aromatic heterocycles. The third kappa shape index (κ3) is 1.81. The second-order valence-corrected chi connectivity index (χ2v) is 6.18. The lowest BCUT2D eigenvalue weighted by atomic mass is 10.2. The first kappa shape index (κ1) is 11.4. The van der Waals surface area contributed by atoms with Crippen LogP contribution in [0.2, 0.25) is 0 Å². The topological polar surface area (TPSA) is 55.4 Å². The molecule has 0 saturated carbocycles. The van der Waals surface area contributed by atoms with Crippen LogP contribution in [0.5, 0.6) is 5.75 Å². The monoisotopic (exact) mass is 241 g/mol. The average Bonchev–Trinajstić information content (AvgIpc) is 2.14. The van der Waals surface area contributed by atoms with Crippen LogP contribution in [-0.2, 0) is 9.84 Å². The fourth-order valence-corrected chi connectivity index (χ4v) is 3.36. The van der Waals surface area contributed by atoms with E-state index in [0.29, 0.717) is 23.7 Å². The molecule has 4 nitrogen and oxygen atoms in total. The molecule has 1 saturated heterocycles. The number of sulfone groups is 1. The molecule has 1 fully saturated rings. The first-order valence-corrected chi connectivity index (χ1v) is 6.69. The molecule has 0 unspecified atom stereocenters. The van der Waals surface area contributed by atoms with E-state index in [4.69, 9.17) is 4.74 Å². The van der Waals surface area contributed by atoms with Gasteiger partial charge in [-0.1, -0.05) is 0 Å². The molecular weight excluding hydrogens is 226 g/mol. The number of benzene rings is 1. The molecule has 1 heterocycles. The molecule has 1 aliphatic rings. The molecule has 1 N–H and O–H groups in total. The van der Waals surface area contributed by atoms with Crippen molar-refractivity contribution >= 4 is 9.84 Å². The van der Waals surface area contributed by atoms with Crippen LogP contribution in [-0.4, -0.2) is 33.9 Å². The molecular formula is C11H15NO3S. The number of hydrogen-bond donors (Lipinski definition) is 1. The molecule has 0 atom stereocenters. The van der Waals surface area contributed by atoms with Gasteiger partial charge in [-0.2, -0.15) is 0 Å². The third-order valence-corrected chi connectivity index (χ3v) is 5.00. The van der Waals surface area contributed by atoms with E-state index >= 15 is 0 Å². The van der Waals surface area contributed by atoms with Crippen LogP contribution in [0.1, 0.15) is 5.56 Å². The Hall–Kier alpha value is -1.07. The molecule has 16 heavy (non-hydrogen) atoms. The lowest BCUT2D eigenvalue weighted by Crippen LogP contribution is -2.51. The van der Waals surface area contributed by atoms with E-state index in [-0.39, 0.29) is 5.25 Å². The molecule has 0 bridgehead atoms. The van der Waals surface area contributed by atoms with Gasteiger partial charge in [-0.05, 0) is 30.7 Å². The van der Waals surface area contributed by atoms with Crippen molar-refractivity contribution in [2.24, 2.45) is 0 Å². The van der Waals surface area contributed by atoms with Crippen molar-refractivity contribution in [1.82, 2.24) is 5.32 Å². The van der Waals surface area contributed by atoms with E-state index in [1.54, 1.807) is 25.3 Å². The Morgan fingerprint density at radius 2 is 2.06 bits per heavy atom. The smallest absolute Gasteiger partial charge is 0.183 e. The summed E-state index contributed by atoms with van der Waals surface area (Å²) in [6.07, 6.45) is 0. The average molecular weight is 241 g/mol. The van der Waals surface area contributed by atoms with Crippen LogP contribution in [0.15, 0.2) is 23.1 Å². The quantitative estimate of drug-likeness (QED) is 0.848. The first-order chi connectivity index (χ1) is 7.55. The van der Waals surface area contributed by atoms with Crippen molar-refractivity contribution in [1.29, 1.82) is 0 Å². The summed E-state index contributed by atoms with van der Waals surface area (Å²) in [6, 6.07) is 4.99. The van der Waals surface area contributed by atoms with Crippen molar-refractivity contribution < 1.29 is 13.2 Å². The Morgan fingerprint density at radius 1 is 1.38 bits per heavy atom. The van der Waals surface area contributed by atoms with E-state index in [1.165, 1.54) is 0 Å². The number of methoxy groups -OCH3 is 1. The molecule has 88 valence electrons. The van der Waals surface area contributed by atoms with Crippen molar-refractivity contribution in [3.63, 3.8) is 0 Å². The number of aryl methyl sites for hydroxylation is 1. The Bertz CT molecular complexity index is 492. The minimum atomic E-state index is -3.17. The van der Waals surface area contributed by atoms with E-state index in [9.17, 15) is 8.42 Å². The summed E-state index contributed by atoms with van der Waals surface area (Å²) >= 11 is 0. The Kier molecular flexibility index (Phi) is 2.90. The van der Waals surface area contributed by atoms with Gasteiger partial charge in [-0.15, -0.1) is 0 Å². The van der Waals surface area contributed by atoms with Gasteiger partial charge in [0.05, 0.1) is 17.3 Å². The zero-order valence-corrected chi connectivity index (χ0v) is 10.2. The summed E-state index contributed by atoms with van der Waals surface area (Å²) in [5.41, 5.74) is 0.843. The van der Waals surface area contributed by atoms with Gasteiger partial charge >= 0.3 is 0 Å². The predicted octanol–water partition coefficient (Wildman–Crippen LogP) is 0.749. The van der Waals surface area contributed by atoms with E-state index in [1.807, 2.05) is 6.92 Å². The summed E-state index contributed by atoms with van der Waals surface area (Å²) in [7, 11) is -1.59. The fourth-order valence-electron chi connectivity index (χ4n) is 1.70. The zero-order chi connectivity index (χ0) is 11.8. The molecule has 0 aliphatic carbocycles. The normalized spacial score (nSPS) is 16.9. The van der Waals surface area contributed by atoms with Gasteiger partial charge in [0.2, 0.25) is 0 Å². The Balaban J connectivity index is 2.37. The van der Waals surface area contributed by atoms with E-state index in [0.717, 1.165) is 5.56 Å². The maximum atomic E-state index is 12.1. The molecule has 1 aromatic carbocycles. The highest BCUT2D eigenvalue weighted by atomic mass is 32.2. The van der Waals surface area contributed by atoms with Crippen LogP contribution in [0.25, 0.3) is 0 Å². The second-order valence-electron chi connectivity index (χ2n) is 3.96. The minimum Gasteiger partial charge on any atom is -0.496 e. The summed E-state index contributed by atoms with van der Waals surface area (Å²) in [6.45, 7) is 2.94. The summed E-state index contributed by atoms with van der Waals surface area (Å²) in [4.78, 5) is 0.386. The van der Waals surface area contributed by atoms with Gasteiger partial charge in [-0.3, -0.25) is 0 Å². The highest BCUT2D eigenvalue weighted by molar-refractivity contribution is 7.92. The van der Waals surface area contributed by atoms with Crippen LogP contribution in [0.4, 0.5) is 0 Å². The molecule has 5 heteroatoms. The van der Waals surface area contributed by atoms with Gasteiger partial charge < -0.3 is 10.1 Å². The highest BCUT2D eigenvalue weighted by Crippen LogP contribution is 2.24. The second kappa shape index (κ2) is 4.07. The molecule has 0 radical (unpaired) electrons. The van der Waals surface area contributed by atoms with Crippen LogP contribution < -0.4 is 10.1 Å². The standard InChI is InChI=1S/C11H15NO3S/c1-8-5-9(3-4-11(8)15-2)16(13,14)10-6-12-7-10/h3-5,10,12H,6-7H2,1-2H3. The maximum absolute atomic E-state index is 12.1. The number of hydrogen-bond acceptors (Lipinski definition) is 4. The SMILES string of the molecule is COc1ccc(S(=O)(=O)C2CNC2)cc1C. The van der Waals surface area contributed by atoms with Gasteiger partial charge in [0.25, 0.3) is 0 Å². The highest BCUT2D eigenvalue weighted by Gasteiger charge is 2.32. The van der Waals surface area contributed by atoms with Gasteiger partial charge in [-0.25, -0.2) is 8.42 Å². The van der Waals surface area contributed by atoms with Crippen molar-refractivity contribution in [3.8, 4) is 5.75 Å². The van der Waals surface area contributed by atoms with Gasteiger partial charge in [0.15, 0.2) is 9.84 Å². The molecule has 1 aromatic rings. The fraction of sp³-hybridized carbons (Fsp3) is 0.455. The molecule has 0 spiro atoms. The first-order valence-electron chi connectivity index (χ1n) is 5.15. The van der Waals surface area contributed by atoms with Crippen molar-refractivity contribution in [2.75, 3.05) is 20.2 Å². The summed E-state index contributed by atoms with van der Waals surface area (Å²) in [5.74, 6) is 0.714. The van der Waals surface area contributed by atoms with Crippen molar-refractivity contribution in [2.45, 2.75) is 17.1 Å². The summed E-state index contributed by atoms with van der Waals surface area (Å²) < 4.78 is 29.3. The predicted molar refractivity (Wildman–Crippen MR) is 61.6 cm³/mol. The van der Waals surface area contributed by atoms with Crippen LogP contribution in [0.3, 0.4) is 0 Å². The van der Waals surface area contributed by atoms with E-state index < -0.39 is 9.84 Å². The minimum absolute atomic E-state index is 0.278. The zero-order valence-electron chi connectivity index (χ0n) is 9.36. The number of nitrogens with one attached hydrogen (secondary N) is 1. The molecule has 2 rings (SSSR count). The third-order valence-electron chi connectivity index (χ3n) is 2.88. The lowest BCUT2D eigenvalue weighted by molar-refractivity contribution is 0.411. The summed E-state index contributed by atoms with van der Waals surface area (Å²) in [5, 5.41) is 2.69. The van der Waals surface area contributed by atoms with Gasteiger partial charge in [0, 0.05) is 13.1 Å². The Morgan fingerprint density at radius 3 is 2.50 bits per heavy atom. The maximum Gasteiger partial charge on any atom is 0.183 e. The molecule has 1 aliphatic heterocycles. The number of ether oxygens (including phenoxy) is 1. The molecule has 0 amide bonds. The van der Waals surface area contributed by atoms with E-state index in [2.05, 4.69) is 5.32 Å². The number of rotatable bonds is 3. The largest absolute Gasteiger partial charge is 0.496 e. The Labute approximate surface area is 95.5 Å². The van der Waals surface area contributed by atoms with Gasteiger partial charge in [0.1, 0.15) is 5.75 Å².